The molecular weight excluding hydrogens is 198 g/mol. The van der Waals surface area contributed by atoms with Crippen molar-refractivity contribution in [3.8, 4) is 0 Å². The van der Waals surface area contributed by atoms with Gasteiger partial charge in [-0.1, -0.05) is 13.3 Å². The van der Waals surface area contributed by atoms with E-state index in [1.54, 1.807) is 0 Å². The van der Waals surface area contributed by atoms with Gasteiger partial charge in [0, 0.05) is 12.0 Å². The molecule has 0 amide bonds. The highest BCUT2D eigenvalue weighted by Gasteiger charge is 2.31. The van der Waals surface area contributed by atoms with Crippen LogP contribution in [0.25, 0.3) is 0 Å². The largest absolute Gasteiger partial charge is 0.384 e. The van der Waals surface area contributed by atoms with E-state index in [-0.39, 0.29) is 0 Å². The average molecular weight is 221 g/mol. The first-order chi connectivity index (χ1) is 7.65. The molecule has 1 fully saturated rings. The summed E-state index contributed by atoms with van der Waals surface area (Å²) < 4.78 is 2.24. The van der Waals surface area contributed by atoms with E-state index < -0.39 is 0 Å². The van der Waals surface area contributed by atoms with E-state index in [4.69, 9.17) is 10.7 Å². The van der Waals surface area contributed by atoms with Crippen molar-refractivity contribution in [2.45, 2.75) is 64.8 Å². The highest BCUT2D eigenvalue weighted by atomic mass is 15.2. The standard InChI is InChI=1S/C13H23N3/c1-4-5-6-11-12(14)16(9(2)3)13(15-11)10-7-8-10/h9-10H,4-8,14H2,1-3H3. The minimum atomic E-state index is 0.429. The van der Waals surface area contributed by atoms with Crippen LogP contribution >= 0.6 is 0 Å². The molecule has 0 radical (unpaired) electrons. The summed E-state index contributed by atoms with van der Waals surface area (Å²) in [5, 5.41) is 0. The van der Waals surface area contributed by atoms with Crippen molar-refractivity contribution in [1.82, 2.24) is 9.55 Å². The monoisotopic (exact) mass is 221 g/mol. The van der Waals surface area contributed by atoms with Gasteiger partial charge in [0.15, 0.2) is 0 Å². The molecule has 90 valence electrons. The van der Waals surface area contributed by atoms with Gasteiger partial charge in [0.25, 0.3) is 0 Å². The second-order valence-electron chi connectivity index (χ2n) is 5.14. The number of imidazole rings is 1. The molecule has 2 N–H and O–H groups in total. The van der Waals surface area contributed by atoms with Crippen LogP contribution in [0.1, 0.15) is 69.9 Å². The zero-order valence-corrected chi connectivity index (χ0v) is 10.7. The van der Waals surface area contributed by atoms with Crippen LogP contribution in [0, 0.1) is 0 Å². The van der Waals surface area contributed by atoms with Gasteiger partial charge in [-0.3, -0.25) is 0 Å². The van der Waals surface area contributed by atoms with Crippen LogP contribution in [0.4, 0.5) is 5.82 Å². The van der Waals surface area contributed by atoms with Gasteiger partial charge in [0.1, 0.15) is 11.6 Å². The van der Waals surface area contributed by atoms with E-state index in [1.807, 2.05) is 0 Å². The predicted octanol–water partition coefficient (Wildman–Crippen LogP) is 3.27. The third-order valence-corrected chi connectivity index (χ3v) is 3.28. The molecule has 0 bridgehead atoms. The smallest absolute Gasteiger partial charge is 0.127 e. The van der Waals surface area contributed by atoms with Gasteiger partial charge < -0.3 is 10.3 Å². The van der Waals surface area contributed by atoms with Gasteiger partial charge in [-0.15, -0.1) is 0 Å². The number of aryl methyl sites for hydroxylation is 1. The Morgan fingerprint density at radius 2 is 2.12 bits per heavy atom. The number of anilines is 1. The first kappa shape index (κ1) is 11.5. The van der Waals surface area contributed by atoms with Gasteiger partial charge in [0.2, 0.25) is 0 Å². The molecule has 1 aliphatic carbocycles. The molecule has 0 spiro atoms. The lowest BCUT2D eigenvalue weighted by Crippen LogP contribution is -2.09. The van der Waals surface area contributed by atoms with E-state index in [9.17, 15) is 0 Å². The summed E-state index contributed by atoms with van der Waals surface area (Å²) in [7, 11) is 0. The Morgan fingerprint density at radius 1 is 1.44 bits per heavy atom. The molecule has 1 aromatic rings. The lowest BCUT2D eigenvalue weighted by atomic mass is 10.2. The lowest BCUT2D eigenvalue weighted by Gasteiger charge is -2.13. The van der Waals surface area contributed by atoms with E-state index in [1.165, 1.54) is 31.5 Å². The van der Waals surface area contributed by atoms with Crippen molar-refractivity contribution in [2.24, 2.45) is 0 Å². The van der Waals surface area contributed by atoms with Crippen LogP contribution in [-0.2, 0) is 6.42 Å². The van der Waals surface area contributed by atoms with Gasteiger partial charge in [0.05, 0.1) is 5.69 Å². The molecule has 3 heteroatoms. The van der Waals surface area contributed by atoms with Crippen molar-refractivity contribution in [3.63, 3.8) is 0 Å². The number of nitrogens with zero attached hydrogens (tertiary/aromatic N) is 2. The third-order valence-electron chi connectivity index (χ3n) is 3.28. The van der Waals surface area contributed by atoms with Crippen molar-refractivity contribution in [1.29, 1.82) is 0 Å². The number of unbranched alkanes of at least 4 members (excludes halogenated alkanes) is 1. The Bertz CT molecular complexity index is 361. The SMILES string of the molecule is CCCCc1nc(C2CC2)n(C(C)C)c1N. The molecule has 1 aromatic heterocycles. The molecular formula is C13H23N3. The van der Waals surface area contributed by atoms with Gasteiger partial charge in [-0.05, 0) is 39.5 Å². The van der Waals surface area contributed by atoms with Crippen LogP contribution < -0.4 is 5.73 Å². The minimum Gasteiger partial charge on any atom is -0.384 e. The lowest BCUT2D eigenvalue weighted by molar-refractivity contribution is 0.576. The number of aromatic nitrogens is 2. The zero-order valence-electron chi connectivity index (χ0n) is 10.7. The fraction of sp³-hybridized carbons (Fsp3) is 0.769. The number of nitrogen functional groups attached to an aromatic ring is 1. The molecule has 0 saturated heterocycles. The Morgan fingerprint density at radius 3 is 2.62 bits per heavy atom. The van der Waals surface area contributed by atoms with E-state index >= 15 is 0 Å². The Hall–Kier alpha value is -0.990. The number of nitrogens with two attached hydrogens (primary N) is 1. The number of hydrogen-bond donors (Lipinski definition) is 1. The average Bonchev–Trinajstić information content (AvgIpc) is 3.01. The molecule has 0 aromatic carbocycles. The molecule has 0 atom stereocenters. The van der Waals surface area contributed by atoms with Gasteiger partial charge in [-0.25, -0.2) is 4.98 Å². The molecule has 3 nitrogen and oxygen atoms in total. The van der Waals surface area contributed by atoms with Crippen molar-refractivity contribution in [2.75, 3.05) is 5.73 Å². The van der Waals surface area contributed by atoms with E-state index in [0.717, 1.165) is 17.9 Å². The molecule has 1 heterocycles. The van der Waals surface area contributed by atoms with Crippen LogP contribution in [0.2, 0.25) is 0 Å². The second kappa shape index (κ2) is 4.48. The normalized spacial score (nSPS) is 16.0. The summed E-state index contributed by atoms with van der Waals surface area (Å²) in [5.74, 6) is 2.82. The molecule has 0 unspecified atom stereocenters. The maximum Gasteiger partial charge on any atom is 0.127 e. The number of hydrogen-bond acceptors (Lipinski definition) is 2. The summed E-state index contributed by atoms with van der Waals surface area (Å²) in [5.41, 5.74) is 7.33. The quantitative estimate of drug-likeness (QED) is 0.829. The van der Waals surface area contributed by atoms with Gasteiger partial charge >= 0.3 is 0 Å². The molecule has 1 saturated carbocycles. The first-order valence-corrected chi connectivity index (χ1v) is 6.51. The third kappa shape index (κ3) is 2.08. The van der Waals surface area contributed by atoms with Crippen molar-refractivity contribution in [3.05, 3.63) is 11.5 Å². The van der Waals surface area contributed by atoms with Gasteiger partial charge in [-0.2, -0.15) is 0 Å². The summed E-state index contributed by atoms with van der Waals surface area (Å²) in [6, 6.07) is 0.429. The Kier molecular flexibility index (Phi) is 3.22. The molecule has 2 rings (SSSR count). The number of rotatable bonds is 5. The molecule has 0 aliphatic heterocycles. The summed E-state index contributed by atoms with van der Waals surface area (Å²) in [6.45, 7) is 6.58. The highest BCUT2D eigenvalue weighted by molar-refractivity contribution is 5.40. The van der Waals surface area contributed by atoms with E-state index in [2.05, 4.69) is 25.3 Å². The molecule has 16 heavy (non-hydrogen) atoms. The van der Waals surface area contributed by atoms with Crippen LogP contribution in [0.5, 0.6) is 0 Å². The van der Waals surface area contributed by atoms with Crippen LogP contribution in [0.15, 0.2) is 0 Å². The summed E-state index contributed by atoms with van der Waals surface area (Å²) >= 11 is 0. The summed E-state index contributed by atoms with van der Waals surface area (Å²) in [4.78, 5) is 4.77. The zero-order chi connectivity index (χ0) is 11.7. The van der Waals surface area contributed by atoms with Crippen LogP contribution in [-0.4, -0.2) is 9.55 Å². The fourth-order valence-corrected chi connectivity index (χ4v) is 2.21. The maximum atomic E-state index is 6.21. The maximum absolute atomic E-state index is 6.21. The predicted molar refractivity (Wildman–Crippen MR) is 67.6 cm³/mol. The Labute approximate surface area is 98.1 Å². The first-order valence-electron chi connectivity index (χ1n) is 6.51. The molecule has 1 aliphatic rings. The topological polar surface area (TPSA) is 43.8 Å². The Balaban J connectivity index is 2.29. The highest BCUT2D eigenvalue weighted by Crippen LogP contribution is 2.41. The summed E-state index contributed by atoms with van der Waals surface area (Å²) in [6.07, 6.45) is 5.99. The fourth-order valence-electron chi connectivity index (χ4n) is 2.21. The van der Waals surface area contributed by atoms with Crippen molar-refractivity contribution >= 4 is 5.82 Å². The van der Waals surface area contributed by atoms with E-state index in [0.29, 0.717) is 12.0 Å². The van der Waals surface area contributed by atoms with Crippen LogP contribution in [0.3, 0.4) is 0 Å². The van der Waals surface area contributed by atoms with Crippen molar-refractivity contribution < 1.29 is 0 Å². The second-order valence-corrected chi connectivity index (χ2v) is 5.14. The minimum absolute atomic E-state index is 0.429.